The number of ether oxygens (including phenoxy) is 1. The van der Waals surface area contributed by atoms with Gasteiger partial charge >= 0.3 is 13.8 Å². The van der Waals surface area contributed by atoms with Gasteiger partial charge in [-0.1, -0.05) is 0 Å². The topological polar surface area (TPSA) is 223 Å². The highest BCUT2D eigenvalue weighted by Gasteiger charge is 2.54. The third kappa shape index (κ3) is 5.67. The summed E-state index contributed by atoms with van der Waals surface area (Å²) < 4.78 is 19.9. The number of carbonyl (C=O) groups excluding carboxylic acids is 1. The van der Waals surface area contributed by atoms with Gasteiger partial charge in [0.1, 0.15) is 18.3 Å². The van der Waals surface area contributed by atoms with E-state index in [0.717, 1.165) is 6.92 Å². The Kier molecular flexibility index (Phi) is 7.03. The van der Waals surface area contributed by atoms with E-state index in [-0.39, 0.29) is 0 Å². The number of carboxylic acids is 1. The Morgan fingerprint density at radius 2 is 2.00 bits per heavy atom. The molecule has 0 aromatic heterocycles. The fraction of sp³-hybridized carbons (Fsp3) is 0.818. The number of aliphatic carboxylic acids is 1. The van der Waals surface area contributed by atoms with Crippen LogP contribution >= 0.6 is 7.82 Å². The molecule has 13 nitrogen and oxygen atoms in total. The predicted octanol–water partition coefficient (Wildman–Crippen LogP) is -3.75. The molecule has 1 saturated heterocycles. The lowest BCUT2D eigenvalue weighted by Gasteiger charge is -2.45. The van der Waals surface area contributed by atoms with Crippen molar-refractivity contribution in [2.75, 3.05) is 6.61 Å². The Balaban J connectivity index is 3.17. The molecule has 1 aliphatic rings. The van der Waals surface area contributed by atoms with E-state index >= 15 is 0 Å². The van der Waals surface area contributed by atoms with Crippen LogP contribution in [0.5, 0.6) is 0 Å². The van der Waals surface area contributed by atoms with Crippen molar-refractivity contribution < 1.29 is 58.7 Å². The van der Waals surface area contributed by atoms with Crippen LogP contribution in [0.15, 0.2) is 0 Å². The molecule has 0 aromatic rings. The summed E-state index contributed by atoms with van der Waals surface area (Å²) in [7, 11) is -5.16. The second-order valence-electron chi connectivity index (χ2n) is 5.48. The summed E-state index contributed by atoms with van der Waals surface area (Å²) in [4.78, 5) is 39.9. The van der Waals surface area contributed by atoms with Gasteiger partial charge in [-0.3, -0.25) is 9.32 Å². The van der Waals surface area contributed by atoms with Crippen molar-refractivity contribution >= 4 is 19.7 Å². The molecule has 0 spiro atoms. The lowest BCUT2D eigenvalue weighted by Crippen LogP contribution is -2.67. The Morgan fingerprint density at radius 3 is 2.40 bits per heavy atom. The third-order valence-electron chi connectivity index (χ3n) is 3.46. The number of hydrogen-bond acceptors (Lipinski definition) is 9. The van der Waals surface area contributed by atoms with Crippen molar-refractivity contribution in [2.45, 2.75) is 49.6 Å². The Labute approximate surface area is 141 Å². The predicted molar refractivity (Wildman–Crippen MR) is 75.7 cm³/mol. The summed E-state index contributed by atoms with van der Waals surface area (Å²) >= 11 is 0. The molecule has 14 heteroatoms. The SMILES string of the molecule is CC(=O)N[C@H]1[C@H]([C@H](O)[C@@H](CO)OP(=O)(O)O)O[C@](O)(C(=O)O)C[C@@H]1O. The molecule has 1 amide bonds. The minimum atomic E-state index is -5.16. The number of aliphatic hydroxyl groups excluding tert-OH is 3. The number of phosphoric acid groups is 1. The van der Waals surface area contributed by atoms with Crippen LogP contribution in [-0.4, -0.2) is 90.0 Å². The average molecular weight is 389 g/mol. The molecule has 1 aliphatic heterocycles. The average Bonchev–Trinajstić information content (AvgIpc) is 2.45. The molecule has 0 aromatic carbocycles. The molecule has 6 atom stereocenters. The van der Waals surface area contributed by atoms with Gasteiger partial charge in [0.15, 0.2) is 0 Å². The molecular formula is C11H20NO12P. The highest BCUT2D eigenvalue weighted by molar-refractivity contribution is 7.46. The molecule has 1 fully saturated rings. The zero-order valence-corrected chi connectivity index (χ0v) is 13.8. The summed E-state index contributed by atoms with van der Waals surface area (Å²) in [5.41, 5.74) is 0. The Bertz CT molecular complexity index is 551. The first kappa shape index (κ1) is 21.9. The highest BCUT2D eigenvalue weighted by Crippen LogP contribution is 2.39. The number of carbonyl (C=O) groups is 2. The van der Waals surface area contributed by atoms with Crippen molar-refractivity contribution in [3.05, 3.63) is 0 Å². The second kappa shape index (κ2) is 8.03. The third-order valence-corrected chi connectivity index (χ3v) is 4.01. The molecule has 0 saturated carbocycles. The van der Waals surface area contributed by atoms with Crippen LogP contribution in [0.3, 0.4) is 0 Å². The molecular weight excluding hydrogens is 369 g/mol. The largest absolute Gasteiger partial charge is 0.477 e. The van der Waals surface area contributed by atoms with E-state index in [2.05, 4.69) is 9.84 Å². The van der Waals surface area contributed by atoms with E-state index in [0.29, 0.717) is 0 Å². The first-order valence-electron chi connectivity index (χ1n) is 6.92. The van der Waals surface area contributed by atoms with E-state index in [4.69, 9.17) is 24.7 Å². The molecule has 0 aliphatic carbocycles. The number of aliphatic hydroxyl groups is 4. The summed E-state index contributed by atoms with van der Waals surface area (Å²) in [6, 6.07) is -1.46. The maximum atomic E-state index is 11.2. The molecule has 1 rings (SSSR count). The minimum absolute atomic E-state index is 0.706. The summed E-state index contributed by atoms with van der Waals surface area (Å²) in [6.45, 7) is -0.0790. The lowest BCUT2D eigenvalue weighted by molar-refractivity contribution is -0.294. The van der Waals surface area contributed by atoms with E-state index in [9.17, 15) is 29.5 Å². The number of amides is 1. The van der Waals surface area contributed by atoms with Crippen molar-refractivity contribution in [2.24, 2.45) is 0 Å². The van der Waals surface area contributed by atoms with Crippen molar-refractivity contribution in [3.8, 4) is 0 Å². The summed E-state index contributed by atoms with van der Waals surface area (Å²) in [6.07, 6.45) is -8.54. The first-order valence-corrected chi connectivity index (χ1v) is 8.45. The maximum absolute atomic E-state index is 11.2. The van der Waals surface area contributed by atoms with Crippen LogP contribution in [0.25, 0.3) is 0 Å². The monoisotopic (exact) mass is 389 g/mol. The van der Waals surface area contributed by atoms with Crippen LogP contribution in [0.2, 0.25) is 0 Å². The second-order valence-corrected chi connectivity index (χ2v) is 6.67. The van der Waals surface area contributed by atoms with Crippen molar-refractivity contribution in [1.29, 1.82) is 0 Å². The standard InChI is InChI=1S/C11H20NO12P/c1-4(14)12-7-5(15)2-11(19,10(17)18)23-9(7)8(16)6(3-13)24-25(20,21)22/h5-9,13,15-16,19H,2-3H2,1H3,(H,12,14)(H,17,18)(H2,20,21,22)/t5-,6+,7+,8+,9+,11-/m0/s1. The maximum Gasteiger partial charge on any atom is 0.470 e. The van der Waals surface area contributed by atoms with Gasteiger partial charge in [0.2, 0.25) is 5.91 Å². The first-order chi connectivity index (χ1) is 11.3. The van der Waals surface area contributed by atoms with E-state index < -0.39 is 69.0 Å². The number of rotatable bonds is 7. The summed E-state index contributed by atoms with van der Waals surface area (Å²) in [5.74, 6) is -5.55. The van der Waals surface area contributed by atoms with Gasteiger partial charge < -0.3 is 45.4 Å². The van der Waals surface area contributed by atoms with Gasteiger partial charge in [-0.05, 0) is 0 Å². The molecule has 146 valence electrons. The van der Waals surface area contributed by atoms with E-state index in [1.807, 2.05) is 0 Å². The quantitative estimate of drug-likeness (QED) is 0.197. The van der Waals surface area contributed by atoms with Gasteiger partial charge in [-0.15, -0.1) is 0 Å². The zero-order valence-electron chi connectivity index (χ0n) is 12.9. The van der Waals surface area contributed by atoms with E-state index in [1.165, 1.54) is 0 Å². The molecule has 25 heavy (non-hydrogen) atoms. The minimum Gasteiger partial charge on any atom is -0.477 e. The van der Waals surface area contributed by atoms with E-state index in [1.54, 1.807) is 0 Å². The van der Waals surface area contributed by atoms with Crippen molar-refractivity contribution in [3.63, 3.8) is 0 Å². The van der Waals surface area contributed by atoms with Gasteiger partial charge in [0.25, 0.3) is 5.79 Å². The number of nitrogens with one attached hydrogen (secondary N) is 1. The van der Waals surface area contributed by atoms with Crippen molar-refractivity contribution in [1.82, 2.24) is 5.32 Å². The molecule has 0 unspecified atom stereocenters. The van der Waals surface area contributed by atoms with Crippen LogP contribution in [0.4, 0.5) is 0 Å². The molecule has 1 heterocycles. The van der Waals surface area contributed by atoms with Crippen LogP contribution in [-0.2, 0) is 23.4 Å². The normalized spacial score (nSPS) is 32.7. The smallest absolute Gasteiger partial charge is 0.470 e. The fourth-order valence-electron chi connectivity index (χ4n) is 2.40. The van der Waals surface area contributed by atoms with Crippen LogP contribution in [0, 0.1) is 0 Å². The number of carboxylic acid groups (broad SMARTS) is 1. The van der Waals surface area contributed by atoms with Gasteiger partial charge in [0, 0.05) is 13.3 Å². The number of phosphoric ester groups is 1. The fourth-order valence-corrected chi connectivity index (χ4v) is 2.94. The Morgan fingerprint density at radius 1 is 1.44 bits per heavy atom. The zero-order chi connectivity index (χ0) is 19.6. The Hall–Kier alpha value is -1.15. The van der Waals surface area contributed by atoms with Gasteiger partial charge in [-0.2, -0.15) is 0 Å². The number of hydrogen-bond donors (Lipinski definition) is 8. The molecule has 0 bridgehead atoms. The molecule has 0 radical (unpaired) electrons. The van der Waals surface area contributed by atoms with Gasteiger partial charge in [0.05, 0.1) is 18.8 Å². The lowest BCUT2D eigenvalue weighted by atomic mass is 9.88. The van der Waals surface area contributed by atoms with Crippen LogP contribution in [0.1, 0.15) is 13.3 Å². The molecule has 8 N–H and O–H groups in total. The van der Waals surface area contributed by atoms with Gasteiger partial charge in [-0.25, -0.2) is 9.36 Å². The van der Waals surface area contributed by atoms with Crippen LogP contribution < -0.4 is 5.32 Å². The highest BCUT2D eigenvalue weighted by atomic mass is 31.2. The summed E-state index contributed by atoms with van der Waals surface area (Å²) in [5, 5.41) is 50.5.